The number of hydrogen-bond donors (Lipinski definition) is 0. The van der Waals surface area contributed by atoms with Gasteiger partial charge in [-0.2, -0.15) is 0 Å². The standard InChI is InChI=1S/C19H22O4/c1-4-19(2,3)18(20)23-22-17-12-10-16(11-13-17)21-14-15-8-6-5-7-9-15/h5-13H,4,14H2,1-3H3. The van der Waals surface area contributed by atoms with Gasteiger partial charge >= 0.3 is 5.97 Å². The van der Waals surface area contributed by atoms with Gasteiger partial charge < -0.3 is 4.74 Å². The smallest absolute Gasteiger partial charge is 0.360 e. The summed E-state index contributed by atoms with van der Waals surface area (Å²) in [4.78, 5) is 21.8. The molecule has 2 rings (SSSR count). The van der Waals surface area contributed by atoms with E-state index in [0.717, 1.165) is 11.3 Å². The fraction of sp³-hybridized carbons (Fsp3) is 0.316. The van der Waals surface area contributed by atoms with Crippen molar-refractivity contribution >= 4 is 5.97 Å². The summed E-state index contributed by atoms with van der Waals surface area (Å²) >= 11 is 0. The molecule has 0 heterocycles. The number of hydrogen-bond acceptors (Lipinski definition) is 4. The lowest BCUT2D eigenvalue weighted by Crippen LogP contribution is -2.26. The van der Waals surface area contributed by atoms with Crippen LogP contribution in [0.25, 0.3) is 0 Å². The van der Waals surface area contributed by atoms with Crippen LogP contribution in [0.15, 0.2) is 54.6 Å². The third-order valence-electron chi connectivity index (χ3n) is 3.72. The molecule has 0 amide bonds. The van der Waals surface area contributed by atoms with Crippen molar-refractivity contribution in [3.05, 3.63) is 60.2 Å². The summed E-state index contributed by atoms with van der Waals surface area (Å²) in [7, 11) is 0. The minimum atomic E-state index is -0.557. The first-order valence-electron chi connectivity index (χ1n) is 7.67. The van der Waals surface area contributed by atoms with Crippen LogP contribution in [0, 0.1) is 5.41 Å². The second-order valence-corrected chi connectivity index (χ2v) is 5.94. The van der Waals surface area contributed by atoms with Crippen LogP contribution in [0.3, 0.4) is 0 Å². The average molecular weight is 314 g/mol. The molecule has 4 nitrogen and oxygen atoms in total. The Morgan fingerprint density at radius 1 is 0.957 bits per heavy atom. The van der Waals surface area contributed by atoms with Crippen molar-refractivity contribution in [2.75, 3.05) is 0 Å². The number of carbonyl (C=O) groups excluding carboxylic acids is 1. The van der Waals surface area contributed by atoms with Crippen LogP contribution in [0.1, 0.15) is 32.8 Å². The minimum absolute atomic E-state index is 0.385. The number of ether oxygens (including phenoxy) is 1. The van der Waals surface area contributed by atoms with Crippen molar-refractivity contribution < 1.29 is 19.3 Å². The maximum atomic E-state index is 11.8. The molecule has 4 heteroatoms. The second-order valence-electron chi connectivity index (χ2n) is 5.94. The van der Waals surface area contributed by atoms with E-state index in [-0.39, 0.29) is 5.97 Å². The predicted octanol–water partition coefficient (Wildman–Crippen LogP) is 4.54. The average Bonchev–Trinajstić information content (AvgIpc) is 2.59. The fourth-order valence-electron chi connectivity index (χ4n) is 1.68. The molecule has 2 aromatic carbocycles. The zero-order valence-corrected chi connectivity index (χ0v) is 13.7. The normalized spacial score (nSPS) is 10.9. The van der Waals surface area contributed by atoms with Crippen LogP contribution in [-0.4, -0.2) is 5.97 Å². The lowest BCUT2D eigenvalue weighted by Gasteiger charge is -2.18. The van der Waals surface area contributed by atoms with Gasteiger partial charge in [0.05, 0.1) is 5.41 Å². The summed E-state index contributed by atoms with van der Waals surface area (Å²) in [6.07, 6.45) is 0.682. The number of benzene rings is 2. The third-order valence-corrected chi connectivity index (χ3v) is 3.72. The topological polar surface area (TPSA) is 44.8 Å². The lowest BCUT2D eigenvalue weighted by molar-refractivity contribution is -0.224. The molecule has 122 valence electrons. The van der Waals surface area contributed by atoms with E-state index in [1.165, 1.54) is 0 Å². The molecular formula is C19H22O4. The van der Waals surface area contributed by atoms with Gasteiger partial charge in [0.25, 0.3) is 0 Å². The van der Waals surface area contributed by atoms with Gasteiger partial charge in [-0.25, -0.2) is 9.68 Å². The molecule has 0 bridgehead atoms. The molecule has 0 radical (unpaired) electrons. The van der Waals surface area contributed by atoms with E-state index in [0.29, 0.717) is 18.8 Å². The van der Waals surface area contributed by atoms with Crippen LogP contribution in [0.5, 0.6) is 11.5 Å². The third kappa shape index (κ3) is 5.02. The molecular weight excluding hydrogens is 292 g/mol. The molecule has 0 aromatic heterocycles. The van der Waals surface area contributed by atoms with Gasteiger partial charge in [0.2, 0.25) is 0 Å². The van der Waals surface area contributed by atoms with Crippen LogP contribution in [0.2, 0.25) is 0 Å². The Balaban J connectivity index is 1.84. The molecule has 0 spiro atoms. The van der Waals surface area contributed by atoms with Crippen molar-refractivity contribution in [2.24, 2.45) is 5.41 Å². The zero-order valence-electron chi connectivity index (χ0n) is 13.7. The van der Waals surface area contributed by atoms with E-state index in [2.05, 4.69) is 0 Å². The first-order valence-corrected chi connectivity index (χ1v) is 7.67. The van der Waals surface area contributed by atoms with Crippen molar-refractivity contribution in [1.82, 2.24) is 0 Å². The molecule has 23 heavy (non-hydrogen) atoms. The van der Waals surface area contributed by atoms with Crippen LogP contribution < -0.4 is 9.62 Å². The summed E-state index contributed by atoms with van der Waals surface area (Å²) in [5.41, 5.74) is 0.544. The van der Waals surface area contributed by atoms with Crippen molar-refractivity contribution in [3.8, 4) is 11.5 Å². The summed E-state index contributed by atoms with van der Waals surface area (Å²) in [6.45, 7) is 6.07. The first kappa shape index (κ1) is 16.9. The van der Waals surface area contributed by atoms with Gasteiger partial charge in [-0.15, -0.1) is 0 Å². The van der Waals surface area contributed by atoms with Crippen molar-refractivity contribution in [2.45, 2.75) is 33.8 Å². The molecule has 0 unspecified atom stereocenters. The number of rotatable bonds is 7. The van der Waals surface area contributed by atoms with E-state index in [4.69, 9.17) is 14.5 Å². The fourth-order valence-corrected chi connectivity index (χ4v) is 1.68. The Hall–Kier alpha value is -2.49. The Morgan fingerprint density at radius 3 is 2.17 bits per heavy atom. The number of carbonyl (C=O) groups is 1. The summed E-state index contributed by atoms with van der Waals surface area (Å²) in [6, 6.07) is 16.9. The van der Waals surface area contributed by atoms with E-state index in [9.17, 15) is 4.79 Å². The zero-order chi connectivity index (χ0) is 16.7. The Labute approximate surface area is 136 Å². The van der Waals surface area contributed by atoms with Crippen molar-refractivity contribution in [1.29, 1.82) is 0 Å². The van der Waals surface area contributed by atoms with Gasteiger partial charge in [-0.05, 0) is 50.1 Å². The predicted molar refractivity (Wildman–Crippen MR) is 88.0 cm³/mol. The Kier molecular flexibility index (Phi) is 5.63. The molecule has 0 aliphatic rings. The monoisotopic (exact) mass is 314 g/mol. The molecule has 0 N–H and O–H groups in total. The molecule has 0 saturated carbocycles. The molecule has 0 aliphatic carbocycles. The minimum Gasteiger partial charge on any atom is -0.489 e. The SMILES string of the molecule is CCC(C)(C)C(=O)OOc1ccc(OCc2ccccc2)cc1. The van der Waals surface area contributed by atoms with Gasteiger partial charge in [0.1, 0.15) is 12.4 Å². The second kappa shape index (κ2) is 7.68. The van der Waals surface area contributed by atoms with Gasteiger partial charge in [0.15, 0.2) is 5.75 Å². The van der Waals surface area contributed by atoms with Crippen LogP contribution in [-0.2, 0) is 16.3 Å². The van der Waals surface area contributed by atoms with E-state index in [1.807, 2.05) is 51.1 Å². The maximum Gasteiger partial charge on any atom is 0.360 e. The van der Waals surface area contributed by atoms with Gasteiger partial charge in [0, 0.05) is 0 Å². The lowest BCUT2D eigenvalue weighted by atomic mass is 9.91. The maximum absolute atomic E-state index is 11.8. The molecule has 0 saturated heterocycles. The summed E-state index contributed by atoms with van der Waals surface area (Å²) in [5.74, 6) is 0.795. The van der Waals surface area contributed by atoms with Crippen LogP contribution >= 0.6 is 0 Å². The van der Waals surface area contributed by atoms with Gasteiger partial charge in [-0.3, -0.25) is 4.89 Å². The summed E-state index contributed by atoms with van der Waals surface area (Å²) < 4.78 is 5.68. The first-order chi connectivity index (χ1) is 11.0. The Morgan fingerprint density at radius 2 is 1.57 bits per heavy atom. The molecule has 0 fully saturated rings. The quantitative estimate of drug-likeness (QED) is 0.556. The van der Waals surface area contributed by atoms with E-state index < -0.39 is 5.41 Å². The molecule has 2 aromatic rings. The van der Waals surface area contributed by atoms with Crippen LogP contribution in [0.4, 0.5) is 0 Å². The van der Waals surface area contributed by atoms with E-state index in [1.54, 1.807) is 24.3 Å². The highest BCUT2D eigenvalue weighted by atomic mass is 17.2. The summed E-state index contributed by atoms with van der Waals surface area (Å²) in [5, 5.41) is 0. The largest absolute Gasteiger partial charge is 0.489 e. The molecule has 0 aliphatic heterocycles. The highest BCUT2D eigenvalue weighted by molar-refractivity contribution is 5.75. The molecule has 0 atom stereocenters. The highest BCUT2D eigenvalue weighted by Crippen LogP contribution is 2.23. The van der Waals surface area contributed by atoms with E-state index >= 15 is 0 Å². The van der Waals surface area contributed by atoms with Gasteiger partial charge in [-0.1, -0.05) is 37.3 Å². The Bertz CT molecular complexity index is 618. The van der Waals surface area contributed by atoms with Crippen molar-refractivity contribution in [3.63, 3.8) is 0 Å². The highest BCUT2D eigenvalue weighted by Gasteiger charge is 2.28.